The van der Waals surface area contributed by atoms with Gasteiger partial charge in [-0.2, -0.15) is 0 Å². The van der Waals surface area contributed by atoms with Gasteiger partial charge in [0, 0.05) is 25.5 Å². The summed E-state index contributed by atoms with van der Waals surface area (Å²) in [5, 5.41) is 1.01. The van der Waals surface area contributed by atoms with Crippen LogP contribution < -0.4 is 9.62 Å². The highest BCUT2D eigenvalue weighted by Gasteiger charge is 2.28. The summed E-state index contributed by atoms with van der Waals surface area (Å²) < 4.78 is 27.7. The van der Waals surface area contributed by atoms with Crippen molar-refractivity contribution in [1.29, 1.82) is 0 Å². The maximum Gasteiger partial charge on any atom is 0.212 e. The number of sulfonamides is 1. The topological polar surface area (TPSA) is 117 Å². The molecule has 0 unspecified atom stereocenters. The van der Waals surface area contributed by atoms with Gasteiger partial charge in [-0.1, -0.05) is 0 Å². The van der Waals surface area contributed by atoms with Crippen molar-refractivity contribution in [3.05, 3.63) is 42.4 Å². The van der Waals surface area contributed by atoms with Gasteiger partial charge >= 0.3 is 0 Å². The maximum atomic E-state index is 12.5. The van der Waals surface area contributed by atoms with Gasteiger partial charge < -0.3 is 9.88 Å². The third-order valence-electron chi connectivity index (χ3n) is 5.79. The summed E-state index contributed by atoms with van der Waals surface area (Å²) in [6, 6.07) is 2.33. The lowest BCUT2D eigenvalue weighted by atomic mass is 9.86. The standard InChI is InChI=1S/C20H27N7O2S/c1-14-9-23-16(10-22-14)11-26-30(28,29)12-15-3-5-17(6-4-15)27(2)20-18-7-8-21-19(18)24-13-25-20/h7-10,13,15,17,26H,3-6,11-12H2,1-2H3,(H,21,24,25)/t15-,17-. The van der Waals surface area contributed by atoms with Crippen molar-refractivity contribution < 1.29 is 8.42 Å². The summed E-state index contributed by atoms with van der Waals surface area (Å²) in [6.45, 7) is 2.02. The second-order valence-corrected chi connectivity index (χ2v) is 9.83. The first-order valence-corrected chi connectivity index (χ1v) is 11.8. The Labute approximate surface area is 176 Å². The summed E-state index contributed by atoms with van der Waals surface area (Å²) in [5.74, 6) is 1.23. The lowest BCUT2D eigenvalue weighted by Gasteiger charge is -2.35. The van der Waals surface area contributed by atoms with E-state index in [-0.39, 0.29) is 18.2 Å². The highest BCUT2D eigenvalue weighted by Crippen LogP contribution is 2.31. The number of anilines is 1. The van der Waals surface area contributed by atoms with E-state index in [1.807, 2.05) is 19.2 Å². The number of aromatic amines is 1. The van der Waals surface area contributed by atoms with Crippen molar-refractivity contribution in [3.8, 4) is 0 Å². The van der Waals surface area contributed by atoms with Crippen molar-refractivity contribution in [3.63, 3.8) is 0 Å². The minimum atomic E-state index is -3.36. The molecule has 160 valence electrons. The number of nitrogens with one attached hydrogen (secondary N) is 2. The quantitative estimate of drug-likeness (QED) is 0.591. The predicted molar refractivity (Wildman–Crippen MR) is 115 cm³/mol. The number of nitrogens with zero attached hydrogens (tertiary/aromatic N) is 5. The molecule has 3 aromatic heterocycles. The van der Waals surface area contributed by atoms with Crippen LogP contribution in [-0.2, 0) is 16.6 Å². The normalized spacial score (nSPS) is 19.8. The molecule has 0 aliphatic heterocycles. The van der Waals surface area contributed by atoms with E-state index >= 15 is 0 Å². The second kappa shape index (κ2) is 8.65. The molecule has 2 N–H and O–H groups in total. The Morgan fingerprint density at radius 3 is 2.67 bits per heavy atom. The van der Waals surface area contributed by atoms with Crippen molar-refractivity contribution in [2.75, 3.05) is 17.7 Å². The molecule has 0 radical (unpaired) electrons. The molecule has 0 bridgehead atoms. The van der Waals surface area contributed by atoms with Crippen LogP contribution in [0.3, 0.4) is 0 Å². The molecular formula is C20H27N7O2S. The molecule has 0 spiro atoms. The summed E-state index contributed by atoms with van der Waals surface area (Å²) in [5.41, 5.74) is 2.26. The molecule has 1 fully saturated rings. The maximum absolute atomic E-state index is 12.5. The molecule has 0 atom stereocenters. The van der Waals surface area contributed by atoms with E-state index in [0.717, 1.165) is 48.2 Å². The fourth-order valence-corrected chi connectivity index (χ4v) is 5.51. The zero-order valence-electron chi connectivity index (χ0n) is 17.2. The number of hydrogen-bond donors (Lipinski definition) is 2. The van der Waals surface area contributed by atoms with Crippen molar-refractivity contribution in [2.24, 2.45) is 5.92 Å². The van der Waals surface area contributed by atoms with Crippen LogP contribution in [0, 0.1) is 12.8 Å². The monoisotopic (exact) mass is 429 g/mol. The van der Waals surface area contributed by atoms with Crippen LogP contribution in [0.15, 0.2) is 31.0 Å². The number of rotatable bonds is 7. The average Bonchev–Trinajstić information content (AvgIpc) is 3.22. The van der Waals surface area contributed by atoms with Gasteiger partial charge in [-0.3, -0.25) is 9.97 Å². The van der Waals surface area contributed by atoms with E-state index < -0.39 is 10.0 Å². The molecule has 1 saturated carbocycles. The molecule has 0 amide bonds. The summed E-state index contributed by atoms with van der Waals surface area (Å²) in [4.78, 5) is 22.4. The number of fused-ring (bicyclic) bond motifs is 1. The third kappa shape index (κ3) is 4.76. The Hall–Kier alpha value is -2.59. The van der Waals surface area contributed by atoms with E-state index in [2.05, 4.69) is 41.6 Å². The van der Waals surface area contributed by atoms with E-state index in [1.54, 1.807) is 18.7 Å². The molecule has 4 rings (SSSR count). The van der Waals surface area contributed by atoms with Crippen LogP contribution in [-0.4, -0.2) is 52.2 Å². The lowest BCUT2D eigenvalue weighted by molar-refractivity contribution is 0.340. The largest absolute Gasteiger partial charge is 0.356 e. The zero-order valence-corrected chi connectivity index (χ0v) is 18.1. The molecule has 30 heavy (non-hydrogen) atoms. The summed E-state index contributed by atoms with van der Waals surface area (Å²) in [6.07, 6.45) is 10.3. The van der Waals surface area contributed by atoms with Crippen LogP contribution in [0.2, 0.25) is 0 Å². The lowest BCUT2D eigenvalue weighted by Crippen LogP contribution is -2.38. The predicted octanol–water partition coefficient (Wildman–Crippen LogP) is 2.17. The van der Waals surface area contributed by atoms with Gasteiger partial charge in [0.2, 0.25) is 10.0 Å². The van der Waals surface area contributed by atoms with Gasteiger partial charge in [-0.05, 0) is 44.6 Å². The van der Waals surface area contributed by atoms with E-state index in [1.165, 1.54) is 0 Å². The van der Waals surface area contributed by atoms with Crippen LogP contribution in [0.1, 0.15) is 37.1 Å². The molecule has 10 heteroatoms. The number of H-pyrrole nitrogens is 1. The van der Waals surface area contributed by atoms with Gasteiger partial charge in [-0.25, -0.2) is 23.1 Å². The van der Waals surface area contributed by atoms with Gasteiger partial charge in [0.15, 0.2) is 0 Å². The number of aromatic nitrogens is 5. The smallest absolute Gasteiger partial charge is 0.212 e. The Morgan fingerprint density at radius 2 is 1.93 bits per heavy atom. The average molecular weight is 430 g/mol. The van der Waals surface area contributed by atoms with E-state index in [0.29, 0.717) is 11.7 Å². The highest BCUT2D eigenvalue weighted by molar-refractivity contribution is 7.89. The number of hydrogen-bond acceptors (Lipinski definition) is 7. The molecule has 9 nitrogen and oxygen atoms in total. The van der Waals surface area contributed by atoms with Crippen molar-refractivity contribution in [2.45, 2.75) is 45.2 Å². The van der Waals surface area contributed by atoms with Gasteiger partial charge in [0.25, 0.3) is 0 Å². The third-order valence-corrected chi connectivity index (χ3v) is 7.29. The first-order valence-electron chi connectivity index (χ1n) is 10.2. The van der Waals surface area contributed by atoms with Crippen LogP contribution >= 0.6 is 0 Å². The second-order valence-electron chi connectivity index (χ2n) is 7.97. The first kappa shape index (κ1) is 20.7. The van der Waals surface area contributed by atoms with E-state index in [9.17, 15) is 8.42 Å². The zero-order chi connectivity index (χ0) is 21.1. The molecule has 0 aromatic carbocycles. The number of aryl methyl sites for hydroxylation is 1. The first-order chi connectivity index (χ1) is 14.4. The van der Waals surface area contributed by atoms with Crippen LogP contribution in [0.4, 0.5) is 5.82 Å². The minimum Gasteiger partial charge on any atom is -0.356 e. The van der Waals surface area contributed by atoms with Crippen LogP contribution in [0.25, 0.3) is 11.0 Å². The molecular weight excluding hydrogens is 402 g/mol. The SMILES string of the molecule is Cc1cnc(CNS(=O)(=O)C[C@H]2CC[C@H](N(C)c3ncnc4[nH]ccc34)CC2)cn1. The Balaban J connectivity index is 1.30. The molecule has 3 heterocycles. The summed E-state index contributed by atoms with van der Waals surface area (Å²) >= 11 is 0. The van der Waals surface area contributed by atoms with E-state index in [4.69, 9.17) is 0 Å². The van der Waals surface area contributed by atoms with Gasteiger partial charge in [0.1, 0.15) is 17.8 Å². The Bertz CT molecular complexity index is 1090. The molecule has 0 saturated heterocycles. The Morgan fingerprint density at radius 1 is 1.13 bits per heavy atom. The molecule has 1 aliphatic carbocycles. The molecule has 3 aromatic rings. The van der Waals surface area contributed by atoms with Gasteiger partial charge in [-0.15, -0.1) is 0 Å². The highest BCUT2D eigenvalue weighted by atomic mass is 32.2. The summed E-state index contributed by atoms with van der Waals surface area (Å²) in [7, 11) is -1.30. The van der Waals surface area contributed by atoms with Crippen molar-refractivity contribution >= 4 is 26.9 Å². The molecule has 1 aliphatic rings. The fourth-order valence-electron chi connectivity index (χ4n) is 4.08. The van der Waals surface area contributed by atoms with Gasteiger partial charge in [0.05, 0.1) is 35.3 Å². The van der Waals surface area contributed by atoms with Crippen molar-refractivity contribution in [1.82, 2.24) is 29.6 Å². The Kier molecular flexibility index (Phi) is 5.96. The van der Waals surface area contributed by atoms with Crippen LogP contribution in [0.5, 0.6) is 0 Å². The fraction of sp³-hybridized carbons (Fsp3) is 0.500. The minimum absolute atomic E-state index is 0.151.